The van der Waals surface area contributed by atoms with Gasteiger partial charge in [0.05, 0.1) is 18.0 Å². The van der Waals surface area contributed by atoms with E-state index in [1.54, 1.807) is 18.6 Å². The van der Waals surface area contributed by atoms with Crippen molar-refractivity contribution in [3.63, 3.8) is 0 Å². The van der Waals surface area contributed by atoms with E-state index in [0.29, 0.717) is 11.6 Å². The molecule has 0 saturated heterocycles. The van der Waals surface area contributed by atoms with E-state index in [2.05, 4.69) is 20.3 Å². The molecule has 1 saturated carbocycles. The van der Waals surface area contributed by atoms with Crippen LogP contribution in [0.15, 0.2) is 30.7 Å². The first-order valence-corrected chi connectivity index (χ1v) is 7.20. The van der Waals surface area contributed by atoms with Crippen molar-refractivity contribution < 1.29 is 5.11 Å². The van der Waals surface area contributed by atoms with Gasteiger partial charge in [-0.25, -0.2) is 9.97 Å². The maximum absolute atomic E-state index is 9.55. The quantitative estimate of drug-likeness (QED) is 0.796. The summed E-state index contributed by atoms with van der Waals surface area (Å²) in [5.41, 5.74) is 7.64. The minimum Gasteiger partial charge on any atom is -0.393 e. The Bertz CT molecular complexity index is 596. The van der Waals surface area contributed by atoms with E-state index < -0.39 is 0 Å². The molecule has 0 radical (unpaired) electrons. The lowest BCUT2D eigenvalue weighted by atomic mass is 9.93. The zero-order valence-electron chi connectivity index (χ0n) is 11.7. The number of nitrogen functional groups attached to an aromatic ring is 1. The van der Waals surface area contributed by atoms with Gasteiger partial charge >= 0.3 is 0 Å². The summed E-state index contributed by atoms with van der Waals surface area (Å²) in [6, 6.07) is 4.07. The second kappa shape index (κ2) is 6.05. The molecule has 21 heavy (non-hydrogen) atoms. The number of hydrogen-bond donors (Lipinski definition) is 3. The van der Waals surface area contributed by atoms with Gasteiger partial charge < -0.3 is 16.2 Å². The summed E-state index contributed by atoms with van der Waals surface area (Å²) < 4.78 is 0. The number of nitrogens with zero attached hydrogens (tertiary/aromatic N) is 3. The van der Waals surface area contributed by atoms with Crippen molar-refractivity contribution in [3.05, 3.63) is 30.7 Å². The fourth-order valence-corrected chi connectivity index (χ4v) is 2.58. The normalized spacial score (nSPS) is 22.0. The predicted octanol–water partition coefficient (Wildman–Crippen LogP) is 1.84. The Hall–Kier alpha value is -2.21. The van der Waals surface area contributed by atoms with Gasteiger partial charge in [-0.3, -0.25) is 4.98 Å². The standard InChI is InChI=1S/C15H19N5O/c16-14-15(19-11-1-3-12(21)4-2-11)20-13(9-18-14)10-5-7-17-8-6-10/h5-9,11-12,21H,1-4H2,(H2,16,18)(H,19,20). The van der Waals surface area contributed by atoms with E-state index in [0.717, 1.165) is 36.9 Å². The largest absolute Gasteiger partial charge is 0.393 e. The van der Waals surface area contributed by atoms with Gasteiger partial charge in [0.2, 0.25) is 0 Å². The molecule has 4 N–H and O–H groups in total. The van der Waals surface area contributed by atoms with Crippen LogP contribution in [0.2, 0.25) is 0 Å². The van der Waals surface area contributed by atoms with Crippen molar-refractivity contribution in [1.82, 2.24) is 15.0 Å². The number of nitrogens with two attached hydrogens (primary N) is 1. The van der Waals surface area contributed by atoms with Crippen molar-refractivity contribution in [3.8, 4) is 11.3 Å². The van der Waals surface area contributed by atoms with Crippen LogP contribution >= 0.6 is 0 Å². The van der Waals surface area contributed by atoms with Gasteiger partial charge in [-0.05, 0) is 37.8 Å². The Labute approximate surface area is 123 Å². The van der Waals surface area contributed by atoms with Crippen LogP contribution in [0.1, 0.15) is 25.7 Å². The third-order valence-corrected chi connectivity index (χ3v) is 3.81. The van der Waals surface area contributed by atoms with Crippen molar-refractivity contribution >= 4 is 11.6 Å². The molecule has 1 fully saturated rings. The minimum atomic E-state index is -0.172. The summed E-state index contributed by atoms with van der Waals surface area (Å²) in [6.45, 7) is 0. The zero-order valence-corrected chi connectivity index (χ0v) is 11.7. The van der Waals surface area contributed by atoms with Crippen LogP contribution in [0, 0.1) is 0 Å². The van der Waals surface area contributed by atoms with E-state index in [-0.39, 0.29) is 12.1 Å². The first kappa shape index (κ1) is 13.8. The zero-order chi connectivity index (χ0) is 14.7. The number of rotatable bonds is 3. The van der Waals surface area contributed by atoms with Crippen LogP contribution in [0.5, 0.6) is 0 Å². The number of aliphatic hydroxyl groups is 1. The molecule has 110 valence electrons. The Morgan fingerprint density at radius 1 is 1.14 bits per heavy atom. The first-order chi connectivity index (χ1) is 10.2. The monoisotopic (exact) mass is 285 g/mol. The van der Waals surface area contributed by atoms with Crippen LogP contribution in [0.25, 0.3) is 11.3 Å². The number of nitrogens with one attached hydrogen (secondary N) is 1. The molecule has 0 spiro atoms. The van der Waals surface area contributed by atoms with E-state index in [4.69, 9.17) is 5.73 Å². The van der Waals surface area contributed by atoms with Gasteiger partial charge in [0.15, 0.2) is 11.6 Å². The second-order valence-corrected chi connectivity index (χ2v) is 5.37. The molecule has 0 bridgehead atoms. The maximum atomic E-state index is 9.55. The summed E-state index contributed by atoms with van der Waals surface area (Å²) in [7, 11) is 0. The van der Waals surface area contributed by atoms with E-state index in [1.807, 2.05) is 12.1 Å². The van der Waals surface area contributed by atoms with Crippen LogP contribution in [0.3, 0.4) is 0 Å². The fraction of sp³-hybridized carbons (Fsp3) is 0.400. The van der Waals surface area contributed by atoms with Crippen molar-refractivity contribution in [2.24, 2.45) is 0 Å². The Balaban J connectivity index is 1.79. The molecule has 2 aromatic rings. The van der Waals surface area contributed by atoms with Gasteiger partial charge in [-0.1, -0.05) is 0 Å². The average Bonchev–Trinajstić information content (AvgIpc) is 2.52. The number of pyridine rings is 1. The molecular weight excluding hydrogens is 266 g/mol. The fourth-order valence-electron chi connectivity index (χ4n) is 2.58. The van der Waals surface area contributed by atoms with Gasteiger partial charge in [-0.15, -0.1) is 0 Å². The summed E-state index contributed by atoms with van der Waals surface area (Å²) in [6.07, 6.45) is 8.41. The summed E-state index contributed by atoms with van der Waals surface area (Å²) in [4.78, 5) is 12.8. The van der Waals surface area contributed by atoms with Gasteiger partial charge in [0, 0.05) is 24.0 Å². The number of aliphatic hydroxyl groups excluding tert-OH is 1. The van der Waals surface area contributed by atoms with Gasteiger partial charge in [0.25, 0.3) is 0 Å². The molecule has 2 heterocycles. The van der Waals surface area contributed by atoms with Crippen LogP contribution < -0.4 is 11.1 Å². The highest BCUT2D eigenvalue weighted by Crippen LogP contribution is 2.25. The second-order valence-electron chi connectivity index (χ2n) is 5.37. The van der Waals surface area contributed by atoms with Crippen molar-refractivity contribution in [2.45, 2.75) is 37.8 Å². The molecule has 2 aromatic heterocycles. The number of aromatic nitrogens is 3. The summed E-state index contributed by atoms with van der Waals surface area (Å²) in [5.74, 6) is 1.02. The minimum absolute atomic E-state index is 0.172. The molecule has 6 nitrogen and oxygen atoms in total. The number of hydrogen-bond acceptors (Lipinski definition) is 6. The molecule has 1 aliphatic carbocycles. The summed E-state index contributed by atoms with van der Waals surface area (Å²) in [5, 5.41) is 12.9. The molecule has 0 atom stereocenters. The number of anilines is 2. The topological polar surface area (TPSA) is 97.0 Å². The molecule has 0 aromatic carbocycles. The average molecular weight is 285 g/mol. The van der Waals surface area contributed by atoms with Crippen LogP contribution in [0.4, 0.5) is 11.6 Å². The van der Waals surface area contributed by atoms with Crippen molar-refractivity contribution in [1.29, 1.82) is 0 Å². The molecule has 6 heteroatoms. The van der Waals surface area contributed by atoms with Crippen LogP contribution in [-0.2, 0) is 0 Å². The van der Waals surface area contributed by atoms with Gasteiger partial charge in [-0.2, -0.15) is 0 Å². The SMILES string of the molecule is Nc1ncc(-c2ccncc2)nc1NC1CCC(O)CC1. The molecule has 0 amide bonds. The Morgan fingerprint density at radius 3 is 2.57 bits per heavy atom. The smallest absolute Gasteiger partial charge is 0.169 e. The lowest BCUT2D eigenvalue weighted by Gasteiger charge is -2.26. The highest BCUT2D eigenvalue weighted by atomic mass is 16.3. The molecule has 0 aliphatic heterocycles. The third-order valence-electron chi connectivity index (χ3n) is 3.81. The van der Waals surface area contributed by atoms with Gasteiger partial charge in [0.1, 0.15) is 0 Å². The Kier molecular flexibility index (Phi) is 3.96. The molecule has 3 rings (SSSR count). The molecular formula is C15H19N5O. The highest BCUT2D eigenvalue weighted by Gasteiger charge is 2.20. The Morgan fingerprint density at radius 2 is 1.86 bits per heavy atom. The first-order valence-electron chi connectivity index (χ1n) is 7.20. The molecule has 1 aliphatic rings. The van der Waals surface area contributed by atoms with Crippen LogP contribution in [-0.4, -0.2) is 32.2 Å². The highest BCUT2D eigenvalue weighted by molar-refractivity contribution is 5.65. The summed E-state index contributed by atoms with van der Waals surface area (Å²) >= 11 is 0. The van der Waals surface area contributed by atoms with Crippen molar-refractivity contribution in [2.75, 3.05) is 11.1 Å². The third kappa shape index (κ3) is 3.28. The maximum Gasteiger partial charge on any atom is 0.169 e. The lowest BCUT2D eigenvalue weighted by molar-refractivity contribution is 0.126. The lowest BCUT2D eigenvalue weighted by Crippen LogP contribution is -2.29. The predicted molar refractivity (Wildman–Crippen MR) is 81.6 cm³/mol. The molecule has 0 unspecified atom stereocenters. The van der Waals surface area contributed by atoms with E-state index in [9.17, 15) is 5.11 Å². The van der Waals surface area contributed by atoms with E-state index >= 15 is 0 Å². The van der Waals surface area contributed by atoms with E-state index in [1.165, 1.54) is 0 Å².